The fourth-order valence-electron chi connectivity index (χ4n) is 3.30. The average Bonchev–Trinajstić information content (AvgIpc) is 3.20. The Hall–Kier alpha value is -3.80. The molecule has 6 heteroatoms. The molecule has 0 spiro atoms. The number of rotatable bonds is 5. The molecule has 2 aromatic carbocycles. The van der Waals surface area contributed by atoms with Gasteiger partial charge in [-0.25, -0.2) is 14.2 Å². The smallest absolute Gasteiger partial charge is 0.335 e. The number of imidazole rings is 1. The number of aromatic nitrogens is 3. The summed E-state index contributed by atoms with van der Waals surface area (Å²) in [6, 6.07) is 15.1. The van der Waals surface area contributed by atoms with Crippen molar-refractivity contribution >= 4 is 5.97 Å². The number of nitrogens with one attached hydrogen (secondary N) is 1. The number of pyridine rings is 1. The Kier molecular flexibility index (Phi) is 4.91. The number of nitrogens with zero attached hydrogens (tertiary/aromatic N) is 2. The second kappa shape index (κ2) is 7.67. The summed E-state index contributed by atoms with van der Waals surface area (Å²) in [4.78, 5) is 23.6. The Labute approximate surface area is 166 Å². The zero-order valence-electron chi connectivity index (χ0n) is 15.7. The molecule has 4 aromatic rings. The van der Waals surface area contributed by atoms with Crippen molar-refractivity contribution in [1.29, 1.82) is 0 Å². The third-order valence-electron chi connectivity index (χ3n) is 4.78. The van der Waals surface area contributed by atoms with E-state index in [0.717, 1.165) is 27.9 Å². The normalized spacial score (nSPS) is 10.8. The van der Waals surface area contributed by atoms with Gasteiger partial charge in [-0.15, -0.1) is 0 Å². The topological polar surface area (TPSA) is 78.9 Å². The number of carbonyl (C=O) groups is 1. The van der Waals surface area contributed by atoms with E-state index in [2.05, 4.69) is 9.97 Å². The first-order valence-electron chi connectivity index (χ1n) is 9.19. The minimum atomic E-state index is -0.947. The highest BCUT2D eigenvalue weighted by atomic mass is 19.1. The van der Waals surface area contributed by atoms with Crippen molar-refractivity contribution < 1.29 is 14.3 Å². The third kappa shape index (κ3) is 3.65. The van der Waals surface area contributed by atoms with Crippen LogP contribution >= 0.6 is 0 Å². The Balaban J connectivity index is 1.88. The summed E-state index contributed by atoms with van der Waals surface area (Å²) in [7, 11) is 0. The molecule has 0 saturated carbocycles. The van der Waals surface area contributed by atoms with Crippen molar-refractivity contribution in [2.75, 3.05) is 0 Å². The molecule has 0 atom stereocenters. The Bertz CT molecular complexity index is 1170. The number of aromatic amines is 1. The summed E-state index contributed by atoms with van der Waals surface area (Å²) in [6.45, 7) is 1.92. The molecule has 2 N–H and O–H groups in total. The highest BCUT2D eigenvalue weighted by molar-refractivity contribution is 5.90. The number of benzene rings is 2. The zero-order valence-corrected chi connectivity index (χ0v) is 15.7. The number of halogens is 1. The number of hydrogen-bond donors (Lipinski definition) is 2. The third-order valence-corrected chi connectivity index (χ3v) is 4.78. The molecule has 4 rings (SSSR count). The van der Waals surface area contributed by atoms with Crippen molar-refractivity contribution in [1.82, 2.24) is 15.0 Å². The molecule has 0 amide bonds. The highest BCUT2D eigenvalue weighted by Crippen LogP contribution is 2.33. The number of H-pyrrole nitrogens is 1. The van der Waals surface area contributed by atoms with E-state index in [1.807, 2.05) is 25.1 Å². The molecular weight excluding hydrogens is 369 g/mol. The standard InChI is InChI=1S/C23H18FN3O2/c1-2-14-13-17(5-8-19(14)23(28)29)22-26-20(15-3-6-18(24)7-4-15)21(27-22)16-9-11-25-12-10-16/h3-13H,2H2,1H3,(H,26,27)(H,28,29). The van der Waals surface area contributed by atoms with Gasteiger partial charge >= 0.3 is 5.97 Å². The number of aromatic carboxylic acids is 1. The van der Waals surface area contributed by atoms with Crippen LogP contribution in [0.5, 0.6) is 0 Å². The molecule has 2 aromatic heterocycles. The van der Waals surface area contributed by atoms with Gasteiger partial charge in [0.25, 0.3) is 0 Å². The summed E-state index contributed by atoms with van der Waals surface area (Å²) in [5.74, 6) is -0.646. The van der Waals surface area contributed by atoms with Gasteiger partial charge in [0.1, 0.15) is 11.6 Å². The lowest BCUT2D eigenvalue weighted by molar-refractivity contribution is 0.0695. The first-order chi connectivity index (χ1) is 14.1. The lowest BCUT2D eigenvalue weighted by atomic mass is 10.0. The number of hydrogen-bond acceptors (Lipinski definition) is 3. The Morgan fingerprint density at radius 3 is 2.34 bits per heavy atom. The molecular formula is C23H18FN3O2. The number of aryl methyl sites for hydroxylation is 1. The van der Waals surface area contributed by atoms with Crippen molar-refractivity contribution in [3.63, 3.8) is 0 Å². The van der Waals surface area contributed by atoms with E-state index >= 15 is 0 Å². The van der Waals surface area contributed by atoms with Crippen molar-refractivity contribution in [3.8, 4) is 33.9 Å². The second-order valence-electron chi connectivity index (χ2n) is 6.58. The van der Waals surface area contributed by atoms with Crippen LogP contribution in [-0.2, 0) is 6.42 Å². The SMILES string of the molecule is CCc1cc(-c2nc(-c3ccc(F)cc3)c(-c3ccncc3)[nH]2)ccc1C(=O)O. The molecule has 0 aliphatic heterocycles. The Morgan fingerprint density at radius 1 is 1.00 bits per heavy atom. The summed E-state index contributed by atoms with van der Waals surface area (Å²) in [5, 5.41) is 9.37. The lowest BCUT2D eigenvalue weighted by Gasteiger charge is -2.05. The molecule has 29 heavy (non-hydrogen) atoms. The quantitative estimate of drug-likeness (QED) is 0.493. The summed E-state index contributed by atoms with van der Waals surface area (Å²) in [6.07, 6.45) is 3.99. The highest BCUT2D eigenvalue weighted by Gasteiger charge is 2.17. The van der Waals surface area contributed by atoms with Gasteiger partial charge in [0.05, 0.1) is 17.0 Å². The van der Waals surface area contributed by atoms with Crippen molar-refractivity contribution in [2.24, 2.45) is 0 Å². The van der Waals surface area contributed by atoms with Crippen LogP contribution in [0.2, 0.25) is 0 Å². The molecule has 144 valence electrons. The van der Waals surface area contributed by atoms with Crippen LogP contribution in [0.1, 0.15) is 22.8 Å². The van der Waals surface area contributed by atoms with Gasteiger partial charge < -0.3 is 10.1 Å². The van der Waals surface area contributed by atoms with Gasteiger partial charge in [-0.3, -0.25) is 4.98 Å². The van der Waals surface area contributed by atoms with Crippen LogP contribution in [0, 0.1) is 5.82 Å². The molecule has 0 radical (unpaired) electrons. The van der Waals surface area contributed by atoms with Crippen LogP contribution < -0.4 is 0 Å². The van der Waals surface area contributed by atoms with Gasteiger partial charge in [-0.2, -0.15) is 0 Å². The lowest BCUT2D eigenvalue weighted by Crippen LogP contribution is -2.02. The maximum atomic E-state index is 13.4. The molecule has 0 unspecified atom stereocenters. The van der Waals surface area contributed by atoms with Crippen LogP contribution in [0.15, 0.2) is 67.0 Å². The maximum absolute atomic E-state index is 13.4. The fraction of sp³-hybridized carbons (Fsp3) is 0.0870. The molecule has 0 fully saturated rings. The largest absolute Gasteiger partial charge is 0.478 e. The zero-order chi connectivity index (χ0) is 20.4. The van der Waals surface area contributed by atoms with Gasteiger partial charge in [0, 0.05) is 29.1 Å². The van der Waals surface area contributed by atoms with Gasteiger partial charge in [0.2, 0.25) is 0 Å². The van der Waals surface area contributed by atoms with E-state index in [0.29, 0.717) is 17.9 Å². The van der Waals surface area contributed by atoms with Crippen LogP contribution in [0.4, 0.5) is 4.39 Å². The Morgan fingerprint density at radius 2 is 1.69 bits per heavy atom. The van der Waals surface area contributed by atoms with E-state index in [9.17, 15) is 14.3 Å². The predicted octanol–water partition coefficient (Wildman–Crippen LogP) is 5.21. The van der Waals surface area contributed by atoms with Crippen LogP contribution in [0.25, 0.3) is 33.9 Å². The molecule has 0 bridgehead atoms. The van der Waals surface area contributed by atoms with E-state index in [1.54, 1.807) is 36.7 Å². The summed E-state index contributed by atoms with van der Waals surface area (Å²) >= 11 is 0. The molecule has 0 aliphatic rings. The molecule has 5 nitrogen and oxygen atoms in total. The molecule has 2 heterocycles. The maximum Gasteiger partial charge on any atom is 0.335 e. The predicted molar refractivity (Wildman–Crippen MR) is 109 cm³/mol. The van der Waals surface area contributed by atoms with Crippen molar-refractivity contribution in [3.05, 3.63) is 83.9 Å². The average molecular weight is 387 g/mol. The number of carboxylic acids is 1. The van der Waals surface area contributed by atoms with Crippen molar-refractivity contribution in [2.45, 2.75) is 13.3 Å². The molecule has 0 aliphatic carbocycles. The number of carboxylic acid groups (broad SMARTS) is 1. The van der Waals surface area contributed by atoms with Crippen LogP contribution in [0.3, 0.4) is 0 Å². The fourth-order valence-corrected chi connectivity index (χ4v) is 3.30. The summed E-state index contributed by atoms with van der Waals surface area (Å²) in [5.41, 5.74) is 4.96. The van der Waals surface area contributed by atoms with E-state index in [-0.39, 0.29) is 11.4 Å². The first kappa shape index (κ1) is 18.6. The van der Waals surface area contributed by atoms with E-state index < -0.39 is 5.97 Å². The first-order valence-corrected chi connectivity index (χ1v) is 9.19. The molecule has 0 saturated heterocycles. The summed E-state index contributed by atoms with van der Waals surface area (Å²) < 4.78 is 13.4. The van der Waals surface area contributed by atoms with Crippen LogP contribution in [-0.4, -0.2) is 26.0 Å². The van der Waals surface area contributed by atoms with Gasteiger partial charge in [0.15, 0.2) is 0 Å². The van der Waals surface area contributed by atoms with Gasteiger partial charge in [-0.05, 0) is 60.5 Å². The minimum absolute atomic E-state index is 0.288. The minimum Gasteiger partial charge on any atom is -0.478 e. The second-order valence-corrected chi connectivity index (χ2v) is 6.58. The van der Waals surface area contributed by atoms with Gasteiger partial charge in [-0.1, -0.05) is 13.0 Å². The van der Waals surface area contributed by atoms with E-state index in [4.69, 9.17) is 4.98 Å². The monoisotopic (exact) mass is 387 g/mol. The van der Waals surface area contributed by atoms with E-state index in [1.165, 1.54) is 12.1 Å².